The second-order valence-electron chi connectivity index (χ2n) is 4.95. The van der Waals surface area contributed by atoms with Crippen molar-refractivity contribution in [3.8, 4) is 0 Å². The molecule has 1 saturated heterocycles. The average molecular weight is 290 g/mol. The van der Waals surface area contributed by atoms with Gasteiger partial charge in [-0.2, -0.15) is 0 Å². The molecule has 110 valence electrons. The lowest BCUT2D eigenvalue weighted by atomic mass is 10.1. The van der Waals surface area contributed by atoms with Crippen molar-refractivity contribution in [1.82, 2.24) is 15.5 Å². The van der Waals surface area contributed by atoms with Crippen LogP contribution in [0.1, 0.15) is 30.3 Å². The lowest BCUT2D eigenvalue weighted by Gasteiger charge is -2.03. The van der Waals surface area contributed by atoms with Crippen molar-refractivity contribution < 1.29 is 13.6 Å². The zero-order valence-corrected chi connectivity index (χ0v) is 11.3. The van der Waals surface area contributed by atoms with Gasteiger partial charge in [0.05, 0.1) is 12.5 Å². The fourth-order valence-corrected chi connectivity index (χ4v) is 2.27. The van der Waals surface area contributed by atoms with Crippen LogP contribution in [0, 0.1) is 5.82 Å². The first-order valence-corrected chi connectivity index (χ1v) is 6.82. The van der Waals surface area contributed by atoms with Crippen LogP contribution in [-0.2, 0) is 11.2 Å². The number of nitrogens with zero attached hydrogens (tertiary/aromatic N) is 2. The van der Waals surface area contributed by atoms with Gasteiger partial charge in [-0.15, -0.1) is 5.10 Å². The molecule has 1 fully saturated rings. The number of aromatic nitrogens is 2. The molecule has 6 nitrogen and oxygen atoms in total. The average Bonchev–Trinajstić information content (AvgIpc) is 3.12. The normalized spacial score (nSPS) is 17.9. The molecule has 0 aliphatic carbocycles. The Morgan fingerprint density at radius 3 is 2.90 bits per heavy atom. The molecule has 0 radical (unpaired) electrons. The standard InChI is InChI=1S/C14H15FN4O2/c15-10-5-3-9(4-6-10)8-12(20)17-14-19-18-13(21-14)11-2-1-7-16-11/h3-6,11,16H,1-2,7-8H2,(H,17,19,20). The van der Waals surface area contributed by atoms with Gasteiger partial charge in [0.1, 0.15) is 5.82 Å². The Morgan fingerprint density at radius 1 is 1.38 bits per heavy atom. The van der Waals surface area contributed by atoms with Crippen molar-refractivity contribution in [3.05, 3.63) is 41.5 Å². The molecule has 1 atom stereocenters. The molecule has 1 aromatic heterocycles. The van der Waals surface area contributed by atoms with Crippen molar-refractivity contribution in [1.29, 1.82) is 0 Å². The predicted octanol–water partition coefficient (Wildman–Crippen LogP) is 1.81. The van der Waals surface area contributed by atoms with Gasteiger partial charge in [-0.3, -0.25) is 10.1 Å². The van der Waals surface area contributed by atoms with Gasteiger partial charge in [-0.05, 0) is 37.1 Å². The molecule has 1 amide bonds. The summed E-state index contributed by atoms with van der Waals surface area (Å²) in [6.07, 6.45) is 2.14. The van der Waals surface area contributed by atoms with Crippen LogP contribution in [0.5, 0.6) is 0 Å². The van der Waals surface area contributed by atoms with Crippen LogP contribution < -0.4 is 10.6 Å². The van der Waals surface area contributed by atoms with Crippen LogP contribution in [0.15, 0.2) is 28.7 Å². The smallest absolute Gasteiger partial charge is 0.322 e. The van der Waals surface area contributed by atoms with Crippen LogP contribution >= 0.6 is 0 Å². The summed E-state index contributed by atoms with van der Waals surface area (Å²) in [6.45, 7) is 0.930. The zero-order valence-electron chi connectivity index (χ0n) is 11.3. The number of hydrogen-bond acceptors (Lipinski definition) is 5. The summed E-state index contributed by atoms with van der Waals surface area (Å²) in [5, 5.41) is 13.5. The fourth-order valence-electron chi connectivity index (χ4n) is 2.27. The van der Waals surface area contributed by atoms with E-state index >= 15 is 0 Å². The van der Waals surface area contributed by atoms with E-state index in [-0.39, 0.29) is 30.2 Å². The summed E-state index contributed by atoms with van der Waals surface area (Å²) in [5.41, 5.74) is 0.714. The number of anilines is 1. The minimum absolute atomic E-state index is 0.0697. The molecule has 1 aliphatic rings. The third-order valence-electron chi connectivity index (χ3n) is 3.32. The first kappa shape index (κ1) is 13.7. The van der Waals surface area contributed by atoms with Gasteiger partial charge in [-0.25, -0.2) is 4.39 Å². The molecule has 21 heavy (non-hydrogen) atoms. The van der Waals surface area contributed by atoms with E-state index < -0.39 is 0 Å². The van der Waals surface area contributed by atoms with Gasteiger partial charge in [0.15, 0.2) is 0 Å². The number of hydrogen-bond donors (Lipinski definition) is 2. The molecule has 7 heteroatoms. The highest BCUT2D eigenvalue weighted by Crippen LogP contribution is 2.22. The maximum absolute atomic E-state index is 12.8. The minimum Gasteiger partial charge on any atom is -0.406 e. The molecule has 2 N–H and O–H groups in total. The molecule has 3 rings (SSSR count). The maximum Gasteiger partial charge on any atom is 0.322 e. The maximum atomic E-state index is 12.8. The molecule has 0 saturated carbocycles. The third kappa shape index (κ3) is 3.43. The number of nitrogens with one attached hydrogen (secondary N) is 2. The number of halogens is 1. The van der Waals surface area contributed by atoms with E-state index in [2.05, 4.69) is 20.8 Å². The van der Waals surface area contributed by atoms with E-state index in [1.807, 2.05) is 0 Å². The molecule has 2 aromatic rings. The molecule has 0 bridgehead atoms. The molecule has 1 unspecified atom stereocenters. The monoisotopic (exact) mass is 290 g/mol. The summed E-state index contributed by atoms with van der Waals surface area (Å²) in [4.78, 5) is 11.8. The van der Waals surface area contributed by atoms with E-state index in [1.54, 1.807) is 12.1 Å². The van der Waals surface area contributed by atoms with Crippen LogP contribution in [0.4, 0.5) is 10.4 Å². The molecule has 1 aromatic carbocycles. The Balaban J connectivity index is 1.58. The zero-order chi connectivity index (χ0) is 14.7. The Kier molecular flexibility index (Phi) is 3.92. The van der Waals surface area contributed by atoms with Crippen molar-refractivity contribution in [2.45, 2.75) is 25.3 Å². The van der Waals surface area contributed by atoms with Crippen molar-refractivity contribution in [2.24, 2.45) is 0 Å². The van der Waals surface area contributed by atoms with Crippen LogP contribution in [0.2, 0.25) is 0 Å². The summed E-state index contributed by atoms with van der Waals surface area (Å²) in [5.74, 6) is -0.120. The Morgan fingerprint density at radius 2 is 2.19 bits per heavy atom. The van der Waals surface area contributed by atoms with Crippen molar-refractivity contribution in [2.75, 3.05) is 11.9 Å². The Hall–Kier alpha value is -2.28. The predicted molar refractivity (Wildman–Crippen MR) is 73.0 cm³/mol. The number of amides is 1. The highest BCUT2D eigenvalue weighted by Gasteiger charge is 2.22. The van der Waals surface area contributed by atoms with Gasteiger partial charge >= 0.3 is 6.01 Å². The molecular formula is C14H15FN4O2. The number of benzene rings is 1. The van der Waals surface area contributed by atoms with Crippen molar-refractivity contribution in [3.63, 3.8) is 0 Å². The van der Waals surface area contributed by atoms with E-state index in [4.69, 9.17) is 4.42 Å². The number of rotatable bonds is 4. The fraction of sp³-hybridized carbons (Fsp3) is 0.357. The van der Waals surface area contributed by atoms with Gasteiger partial charge in [0.25, 0.3) is 0 Å². The topological polar surface area (TPSA) is 80.0 Å². The largest absolute Gasteiger partial charge is 0.406 e. The van der Waals surface area contributed by atoms with E-state index in [0.29, 0.717) is 11.5 Å². The molecule has 0 spiro atoms. The van der Waals surface area contributed by atoms with E-state index in [0.717, 1.165) is 19.4 Å². The van der Waals surface area contributed by atoms with Gasteiger partial charge in [-0.1, -0.05) is 17.2 Å². The Labute approximate surface area is 120 Å². The number of carbonyl (C=O) groups is 1. The SMILES string of the molecule is O=C(Cc1ccc(F)cc1)Nc1nnc(C2CCCN2)o1. The molecule has 2 heterocycles. The van der Waals surface area contributed by atoms with Crippen LogP contribution in [0.3, 0.4) is 0 Å². The lowest BCUT2D eigenvalue weighted by molar-refractivity contribution is -0.115. The summed E-state index contributed by atoms with van der Waals surface area (Å²) in [6, 6.07) is 5.93. The van der Waals surface area contributed by atoms with Gasteiger partial charge < -0.3 is 9.73 Å². The summed E-state index contributed by atoms with van der Waals surface area (Å²) < 4.78 is 18.2. The molecule has 1 aliphatic heterocycles. The second kappa shape index (κ2) is 6.01. The molecular weight excluding hydrogens is 275 g/mol. The highest BCUT2D eigenvalue weighted by atomic mass is 19.1. The second-order valence-corrected chi connectivity index (χ2v) is 4.95. The summed E-state index contributed by atoms with van der Waals surface area (Å²) in [7, 11) is 0. The summed E-state index contributed by atoms with van der Waals surface area (Å²) >= 11 is 0. The van der Waals surface area contributed by atoms with Gasteiger partial charge in [0, 0.05) is 0 Å². The minimum atomic E-state index is -0.329. The number of carbonyl (C=O) groups excluding carboxylic acids is 1. The lowest BCUT2D eigenvalue weighted by Crippen LogP contribution is -2.14. The quantitative estimate of drug-likeness (QED) is 0.897. The van der Waals surface area contributed by atoms with Gasteiger partial charge in [0.2, 0.25) is 11.8 Å². The van der Waals surface area contributed by atoms with Crippen LogP contribution in [0.25, 0.3) is 0 Å². The van der Waals surface area contributed by atoms with E-state index in [9.17, 15) is 9.18 Å². The Bertz CT molecular complexity index is 620. The van der Waals surface area contributed by atoms with Crippen molar-refractivity contribution >= 4 is 11.9 Å². The van der Waals surface area contributed by atoms with Crippen LogP contribution in [-0.4, -0.2) is 22.6 Å². The van der Waals surface area contributed by atoms with E-state index in [1.165, 1.54) is 12.1 Å². The third-order valence-corrected chi connectivity index (χ3v) is 3.32. The highest BCUT2D eigenvalue weighted by molar-refractivity contribution is 5.90. The first-order chi connectivity index (χ1) is 10.2. The first-order valence-electron chi connectivity index (χ1n) is 6.82.